The molecule has 0 aliphatic carbocycles. The lowest BCUT2D eigenvalue weighted by Crippen LogP contribution is -2.58. The molecule has 0 N–H and O–H groups in total. The fourth-order valence-corrected chi connectivity index (χ4v) is 5.83. The van der Waals surface area contributed by atoms with Crippen LogP contribution in [0.5, 0.6) is 0 Å². The molecule has 3 aromatic carbocycles. The van der Waals surface area contributed by atoms with Crippen molar-refractivity contribution in [1.29, 1.82) is 0 Å². The van der Waals surface area contributed by atoms with E-state index in [0.717, 1.165) is 36.1 Å². The van der Waals surface area contributed by atoms with Crippen LogP contribution >= 0.6 is 0 Å². The van der Waals surface area contributed by atoms with Crippen LogP contribution in [0.25, 0.3) is 0 Å². The molecular formula is C30H33FN2O2. The number of hydrogen-bond acceptors (Lipinski definition) is 3. The summed E-state index contributed by atoms with van der Waals surface area (Å²) >= 11 is 0. The molecule has 0 saturated carbocycles. The number of amides is 1. The van der Waals surface area contributed by atoms with Crippen molar-refractivity contribution >= 4 is 11.6 Å². The van der Waals surface area contributed by atoms with Gasteiger partial charge in [-0.2, -0.15) is 5.06 Å². The summed E-state index contributed by atoms with van der Waals surface area (Å²) in [5.41, 5.74) is 2.90. The van der Waals surface area contributed by atoms with Gasteiger partial charge in [-0.1, -0.05) is 48.5 Å². The average molecular weight is 473 g/mol. The molecule has 2 heterocycles. The van der Waals surface area contributed by atoms with Gasteiger partial charge in [-0.15, -0.1) is 0 Å². The number of anilines is 1. The van der Waals surface area contributed by atoms with E-state index in [1.807, 2.05) is 59.5 Å². The largest absolute Gasteiger partial charge is 0.297 e. The number of piperidine rings is 1. The Morgan fingerprint density at radius 3 is 2.11 bits per heavy atom. The molecule has 4 nitrogen and oxygen atoms in total. The number of carbonyl (C=O) groups excluding carboxylic acids is 1. The fourth-order valence-electron chi connectivity index (χ4n) is 5.83. The minimum atomic E-state index is -0.436. The highest BCUT2D eigenvalue weighted by atomic mass is 19.1. The van der Waals surface area contributed by atoms with Crippen molar-refractivity contribution in [2.45, 2.75) is 70.2 Å². The zero-order valence-electron chi connectivity index (χ0n) is 20.9. The molecule has 5 rings (SSSR count). The normalized spacial score (nSPS) is 23.2. The Morgan fingerprint density at radius 1 is 0.857 bits per heavy atom. The van der Waals surface area contributed by atoms with Gasteiger partial charge in [0.1, 0.15) is 11.9 Å². The third kappa shape index (κ3) is 4.28. The highest BCUT2D eigenvalue weighted by Crippen LogP contribution is 2.52. The number of nitrogens with zero attached hydrogens (tertiary/aromatic N) is 2. The molecule has 2 atom stereocenters. The van der Waals surface area contributed by atoms with Crippen molar-refractivity contribution in [3.63, 3.8) is 0 Å². The SMILES string of the molecule is CC1(C)CCCC(C)(C)N1O[C@H]1c2ccccc2N(C(=O)c2ccccc2)[C@@H]1c1ccc(F)cc1. The van der Waals surface area contributed by atoms with Gasteiger partial charge in [-0.25, -0.2) is 4.39 Å². The minimum Gasteiger partial charge on any atom is -0.297 e. The molecule has 1 amide bonds. The van der Waals surface area contributed by atoms with Crippen LogP contribution in [0, 0.1) is 5.82 Å². The Labute approximate surface area is 207 Å². The number of benzene rings is 3. The van der Waals surface area contributed by atoms with Gasteiger partial charge < -0.3 is 0 Å². The highest BCUT2D eigenvalue weighted by molar-refractivity contribution is 6.08. The summed E-state index contributed by atoms with van der Waals surface area (Å²) in [5, 5.41) is 2.15. The molecule has 35 heavy (non-hydrogen) atoms. The maximum atomic E-state index is 13.9. The summed E-state index contributed by atoms with van der Waals surface area (Å²) in [4.78, 5) is 22.7. The molecule has 182 valence electrons. The summed E-state index contributed by atoms with van der Waals surface area (Å²) in [5.74, 6) is -0.406. The summed E-state index contributed by atoms with van der Waals surface area (Å²) in [6.45, 7) is 8.87. The van der Waals surface area contributed by atoms with Gasteiger partial charge in [0.25, 0.3) is 5.91 Å². The predicted octanol–water partition coefficient (Wildman–Crippen LogP) is 7.24. The number of carbonyl (C=O) groups is 1. The van der Waals surface area contributed by atoms with E-state index >= 15 is 0 Å². The van der Waals surface area contributed by atoms with E-state index in [1.54, 1.807) is 12.1 Å². The third-order valence-electron chi connectivity index (χ3n) is 7.41. The first-order valence-electron chi connectivity index (χ1n) is 12.4. The van der Waals surface area contributed by atoms with Crippen LogP contribution < -0.4 is 4.90 Å². The van der Waals surface area contributed by atoms with Crippen molar-refractivity contribution in [3.8, 4) is 0 Å². The van der Waals surface area contributed by atoms with E-state index in [2.05, 4.69) is 32.8 Å². The van der Waals surface area contributed by atoms with Crippen LogP contribution in [0.1, 0.15) is 80.6 Å². The van der Waals surface area contributed by atoms with Crippen LogP contribution in [0.3, 0.4) is 0 Å². The number of para-hydroxylation sites is 1. The van der Waals surface area contributed by atoms with Crippen LogP contribution in [-0.2, 0) is 4.84 Å². The monoisotopic (exact) mass is 472 g/mol. The van der Waals surface area contributed by atoms with E-state index in [-0.39, 0.29) is 22.8 Å². The Bertz CT molecular complexity index is 1190. The van der Waals surface area contributed by atoms with E-state index < -0.39 is 12.1 Å². The summed E-state index contributed by atoms with van der Waals surface area (Å²) in [6.07, 6.45) is 2.76. The molecule has 2 aliphatic rings. The topological polar surface area (TPSA) is 32.8 Å². The first-order chi connectivity index (χ1) is 16.7. The van der Waals surface area contributed by atoms with Gasteiger partial charge in [0.15, 0.2) is 0 Å². The minimum absolute atomic E-state index is 0.101. The Balaban J connectivity index is 1.64. The molecular weight excluding hydrogens is 439 g/mol. The van der Waals surface area contributed by atoms with Crippen LogP contribution in [0.4, 0.5) is 10.1 Å². The number of hydroxylamine groups is 2. The maximum absolute atomic E-state index is 13.9. The Kier molecular flexibility index (Phi) is 6.02. The molecule has 0 radical (unpaired) electrons. The van der Waals surface area contributed by atoms with Crippen LogP contribution in [0.2, 0.25) is 0 Å². The Morgan fingerprint density at radius 2 is 1.46 bits per heavy atom. The van der Waals surface area contributed by atoms with E-state index in [0.29, 0.717) is 5.56 Å². The molecule has 0 bridgehead atoms. The highest BCUT2D eigenvalue weighted by Gasteiger charge is 2.49. The first-order valence-corrected chi connectivity index (χ1v) is 12.4. The van der Waals surface area contributed by atoms with Crippen molar-refractivity contribution in [3.05, 3.63) is 101 Å². The number of hydrogen-bond donors (Lipinski definition) is 0. The molecule has 0 unspecified atom stereocenters. The number of halogens is 1. The van der Waals surface area contributed by atoms with Crippen LogP contribution in [0.15, 0.2) is 78.9 Å². The smallest absolute Gasteiger partial charge is 0.258 e. The second kappa shape index (κ2) is 8.89. The molecule has 1 fully saturated rings. The van der Waals surface area contributed by atoms with Crippen molar-refractivity contribution in [2.75, 3.05) is 4.90 Å². The predicted molar refractivity (Wildman–Crippen MR) is 137 cm³/mol. The first kappa shape index (κ1) is 23.7. The zero-order valence-corrected chi connectivity index (χ0v) is 20.9. The Hall–Kier alpha value is -3.02. The van der Waals surface area contributed by atoms with E-state index in [4.69, 9.17) is 4.84 Å². The lowest BCUT2D eigenvalue weighted by atomic mass is 9.82. The maximum Gasteiger partial charge on any atom is 0.258 e. The summed E-state index contributed by atoms with van der Waals surface area (Å²) < 4.78 is 13.9. The molecule has 3 aromatic rings. The van der Waals surface area contributed by atoms with E-state index in [9.17, 15) is 9.18 Å². The standard InChI is InChI=1S/C30H33FN2O2/c1-29(2)19-10-20-30(3,4)33(29)35-27-24-13-8-9-14-25(24)32(28(34)22-11-6-5-7-12-22)26(27)21-15-17-23(31)18-16-21/h5-9,11-18,26-27H,10,19-20H2,1-4H3/t26-,27+/m1/s1. The van der Waals surface area contributed by atoms with Gasteiger partial charge in [-0.05, 0) is 82.9 Å². The van der Waals surface area contributed by atoms with E-state index in [1.165, 1.54) is 12.1 Å². The van der Waals surface area contributed by atoms with Gasteiger partial charge in [0.05, 0.1) is 11.7 Å². The lowest BCUT2D eigenvalue weighted by molar-refractivity contribution is -0.309. The van der Waals surface area contributed by atoms with Gasteiger partial charge in [0.2, 0.25) is 0 Å². The third-order valence-corrected chi connectivity index (χ3v) is 7.41. The average Bonchev–Trinajstić information content (AvgIpc) is 3.16. The van der Waals surface area contributed by atoms with Crippen molar-refractivity contribution in [2.24, 2.45) is 0 Å². The lowest BCUT2D eigenvalue weighted by Gasteiger charge is -2.52. The number of rotatable bonds is 4. The quantitative estimate of drug-likeness (QED) is 0.401. The molecule has 1 saturated heterocycles. The van der Waals surface area contributed by atoms with Gasteiger partial charge >= 0.3 is 0 Å². The van der Waals surface area contributed by atoms with Crippen molar-refractivity contribution < 1.29 is 14.0 Å². The molecule has 0 aromatic heterocycles. The van der Waals surface area contributed by atoms with Crippen LogP contribution in [-0.4, -0.2) is 22.0 Å². The number of fused-ring (bicyclic) bond motifs is 1. The second-order valence-corrected chi connectivity index (χ2v) is 10.9. The van der Waals surface area contributed by atoms with Gasteiger partial charge in [-0.3, -0.25) is 14.5 Å². The summed E-state index contributed by atoms with van der Waals surface area (Å²) in [6, 6.07) is 23.3. The fraction of sp³-hybridized carbons (Fsp3) is 0.367. The van der Waals surface area contributed by atoms with Gasteiger partial charge in [0, 0.05) is 22.2 Å². The molecule has 2 aliphatic heterocycles. The molecule has 0 spiro atoms. The van der Waals surface area contributed by atoms with Crippen molar-refractivity contribution in [1.82, 2.24) is 5.06 Å². The second-order valence-electron chi connectivity index (χ2n) is 10.9. The molecule has 5 heteroatoms. The zero-order chi connectivity index (χ0) is 24.8. The summed E-state index contributed by atoms with van der Waals surface area (Å²) in [7, 11) is 0.